The molecule has 0 amide bonds. The minimum atomic E-state index is 0.833. The Morgan fingerprint density at radius 2 is 1.57 bits per heavy atom. The zero-order valence-electron chi connectivity index (χ0n) is 14.3. The average molecular weight is 331 g/mol. The molecule has 126 valence electrons. The molecule has 3 aliphatic rings. The van der Waals surface area contributed by atoms with E-state index in [-0.39, 0.29) is 0 Å². The molecule has 0 atom stereocenters. The number of thioether (sulfide) groups is 1. The molecule has 0 unspecified atom stereocenters. The zero-order chi connectivity index (χ0) is 15.5. The summed E-state index contributed by atoms with van der Waals surface area (Å²) < 4.78 is 0. The zero-order valence-corrected chi connectivity index (χ0v) is 15.1. The Balaban J connectivity index is 1.23. The SMILES string of the molecule is c1cc(C2CC(CN3CCSCC3)C2)ccc1CN1CCCC1. The van der Waals surface area contributed by atoms with Gasteiger partial charge in [-0.1, -0.05) is 24.3 Å². The Hall–Kier alpha value is -0.510. The third kappa shape index (κ3) is 4.12. The summed E-state index contributed by atoms with van der Waals surface area (Å²) in [4.78, 5) is 5.28. The van der Waals surface area contributed by atoms with Crippen molar-refractivity contribution in [1.82, 2.24) is 9.80 Å². The van der Waals surface area contributed by atoms with Crippen LogP contribution in [0.4, 0.5) is 0 Å². The van der Waals surface area contributed by atoms with Gasteiger partial charge in [-0.05, 0) is 61.7 Å². The van der Waals surface area contributed by atoms with Crippen molar-refractivity contribution in [1.29, 1.82) is 0 Å². The summed E-state index contributed by atoms with van der Waals surface area (Å²) in [5, 5.41) is 0. The quantitative estimate of drug-likeness (QED) is 0.810. The van der Waals surface area contributed by atoms with E-state index in [0.29, 0.717) is 0 Å². The van der Waals surface area contributed by atoms with Gasteiger partial charge in [0.05, 0.1) is 0 Å². The van der Waals surface area contributed by atoms with Crippen molar-refractivity contribution in [2.24, 2.45) is 5.92 Å². The van der Waals surface area contributed by atoms with E-state index in [2.05, 4.69) is 45.8 Å². The highest BCUT2D eigenvalue weighted by atomic mass is 32.2. The lowest BCUT2D eigenvalue weighted by Crippen LogP contribution is -2.40. The molecule has 1 saturated carbocycles. The van der Waals surface area contributed by atoms with Gasteiger partial charge < -0.3 is 4.90 Å². The van der Waals surface area contributed by atoms with Gasteiger partial charge in [0.15, 0.2) is 0 Å². The number of hydrogen-bond acceptors (Lipinski definition) is 3. The standard InChI is InChI=1S/C20H30N2S/c1-2-8-21(7-1)15-17-3-5-19(6-4-17)20-13-18(14-20)16-22-9-11-23-12-10-22/h3-6,18,20H,1-2,7-16H2. The van der Waals surface area contributed by atoms with Crippen molar-refractivity contribution in [3.05, 3.63) is 35.4 Å². The third-order valence-corrected chi connectivity index (χ3v) is 6.85. The minimum Gasteiger partial charge on any atom is -0.301 e. The fourth-order valence-electron chi connectivity index (χ4n) is 4.40. The van der Waals surface area contributed by atoms with Crippen LogP contribution in [0.15, 0.2) is 24.3 Å². The van der Waals surface area contributed by atoms with Gasteiger partial charge in [-0.15, -0.1) is 0 Å². The Bertz CT molecular complexity index is 483. The first-order chi connectivity index (χ1) is 11.4. The fraction of sp³-hybridized carbons (Fsp3) is 0.700. The average Bonchev–Trinajstić information content (AvgIpc) is 3.06. The highest BCUT2D eigenvalue weighted by molar-refractivity contribution is 7.99. The molecule has 1 aromatic carbocycles. The van der Waals surface area contributed by atoms with Crippen LogP contribution in [-0.2, 0) is 6.54 Å². The second kappa shape index (κ2) is 7.58. The maximum absolute atomic E-state index is 2.69. The van der Waals surface area contributed by atoms with Gasteiger partial charge in [0.1, 0.15) is 0 Å². The van der Waals surface area contributed by atoms with Crippen LogP contribution in [0.5, 0.6) is 0 Å². The Morgan fingerprint density at radius 3 is 2.26 bits per heavy atom. The second-order valence-corrected chi connectivity index (χ2v) is 8.90. The summed E-state index contributed by atoms with van der Waals surface area (Å²) in [7, 11) is 0. The molecule has 2 heterocycles. The molecule has 0 N–H and O–H groups in total. The van der Waals surface area contributed by atoms with Gasteiger partial charge in [0.25, 0.3) is 0 Å². The van der Waals surface area contributed by atoms with E-state index in [4.69, 9.17) is 0 Å². The van der Waals surface area contributed by atoms with E-state index < -0.39 is 0 Å². The molecule has 1 aromatic rings. The summed E-state index contributed by atoms with van der Waals surface area (Å²) in [5.41, 5.74) is 3.08. The van der Waals surface area contributed by atoms with E-state index >= 15 is 0 Å². The normalized spacial score (nSPS) is 29.6. The highest BCUT2D eigenvalue weighted by Crippen LogP contribution is 2.42. The van der Waals surface area contributed by atoms with E-state index in [9.17, 15) is 0 Å². The number of hydrogen-bond donors (Lipinski definition) is 0. The van der Waals surface area contributed by atoms with Crippen molar-refractivity contribution in [2.45, 2.75) is 38.1 Å². The Labute approximate surface area is 145 Å². The third-order valence-electron chi connectivity index (χ3n) is 5.91. The number of likely N-dealkylation sites (tertiary alicyclic amines) is 1. The molecule has 2 nitrogen and oxygen atoms in total. The van der Waals surface area contributed by atoms with Crippen LogP contribution in [0.25, 0.3) is 0 Å². The Morgan fingerprint density at radius 1 is 0.870 bits per heavy atom. The predicted octanol–water partition coefficient (Wildman–Crippen LogP) is 3.82. The van der Waals surface area contributed by atoms with Crippen molar-refractivity contribution >= 4 is 11.8 Å². The lowest BCUT2D eigenvalue weighted by atomic mass is 9.71. The molecular weight excluding hydrogens is 300 g/mol. The molecule has 3 fully saturated rings. The summed E-state index contributed by atoms with van der Waals surface area (Å²) in [5.74, 6) is 4.47. The lowest BCUT2D eigenvalue weighted by Gasteiger charge is -2.40. The molecule has 0 spiro atoms. The smallest absolute Gasteiger partial charge is 0.0233 e. The van der Waals surface area contributed by atoms with Crippen molar-refractivity contribution in [3.63, 3.8) is 0 Å². The molecule has 0 aromatic heterocycles. The molecule has 1 aliphatic carbocycles. The van der Waals surface area contributed by atoms with Gasteiger partial charge in [-0.3, -0.25) is 4.90 Å². The monoisotopic (exact) mass is 330 g/mol. The first kappa shape index (κ1) is 16.0. The Kier molecular flexibility index (Phi) is 5.27. The van der Waals surface area contributed by atoms with E-state index in [1.165, 1.54) is 75.5 Å². The summed E-state index contributed by atoms with van der Waals surface area (Å²) in [6.45, 7) is 7.72. The maximum Gasteiger partial charge on any atom is 0.0233 e. The molecule has 4 rings (SSSR count). The lowest BCUT2D eigenvalue weighted by molar-refractivity contribution is 0.168. The molecule has 23 heavy (non-hydrogen) atoms. The maximum atomic E-state index is 2.69. The van der Waals surface area contributed by atoms with Gasteiger partial charge in [-0.25, -0.2) is 0 Å². The molecular formula is C20H30N2S. The summed E-state index contributed by atoms with van der Waals surface area (Å²) >= 11 is 2.12. The number of nitrogens with zero attached hydrogens (tertiary/aromatic N) is 2. The van der Waals surface area contributed by atoms with Gasteiger partial charge in [0, 0.05) is 37.7 Å². The van der Waals surface area contributed by atoms with E-state index in [1.807, 2.05) is 0 Å². The van der Waals surface area contributed by atoms with Crippen molar-refractivity contribution in [2.75, 3.05) is 44.2 Å². The van der Waals surface area contributed by atoms with E-state index in [0.717, 1.165) is 18.4 Å². The van der Waals surface area contributed by atoms with Crippen molar-refractivity contribution < 1.29 is 0 Å². The van der Waals surface area contributed by atoms with Crippen LogP contribution in [-0.4, -0.2) is 54.0 Å². The first-order valence-corrected chi connectivity index (χ1v) is 10.6. The second-order valence-electron chi connectivity index (χ2n) is 7.67. The van der Waals surface area contributed by atoms with Crippen LogP contribution < -0.4 is 0 Å². The molecule has 0 bridgehead atoms. The summed E-state index contributed by atoms with van der Waals surface area (Å²) in [6, 6.07) is 9.57. The largest absolute Gasteiger partial charge is 0.301 e. The first-order valence-electron chi connectivity index (χ1n) is 9.48. The summed E-state index contributed by atoms with van der Waals surface area (Å²) in [6.07, 6.45) is 5.60. The van der Waals surface area contributed by atoms with Gasteiger partial charge >= 0.3 is 0 Å². The van der Waals surface area contributed by atoms with Crippen LogP contribution >= 0.6 is 11.8 Å². The van der Waals surface area contributed by atoms with Crippen LogP contribution in [0, 0.1) is 5.92 Å². The van der Waals surface area contributed by atoms with Crippen LogP contribution in [0.3, 0.4) is 0 Å². The molecule has 2 aliphatic heterocycles. The minimum absolute atomic E-state index is 0.833. The van der Waals surface area contributed by atoms with Gasteiger partial charge in [-0.2, -0.15) is 11.8 Å². The number of benzene rings is 1. The van der Waals surface area contributed by atoms with Crippen LogP contribution in [0.2, 0.25) is 0 Å². The molecule has 2 saturated heterocycles. The predicted molar refractivity (Wildman–Crippen MR) is 100 cm³/mol. The number of rotatable bonds is 5. The molecule has 0 radical (unpaired) electrons. The highest BCUT2D eigenvalue weighted by Gasteiger charge is 2.31. The van der Waals surface area contributed by atoms with Crippen LogP contribution in [0.1, 0.15) is 42.7 Å². The topological polar surface area (TPSA) is 6.48 Å². The van der Waals surface area contributed by atoms with Gasteiger partial charge in [0.2, 0.25) is 0 Å². The van der Waals surface area contributed by atoms with Crippen molar-refractivity contribution in [3.8, 4) is 0 Å². The fourth-order valence-corrected chi connectivity index (χ4v) is 5.38. The van der Waals surface area contributed by atoms with E-state index in [1.54, 1.807) is 5.56 Å². The molecule has 3 heteroatoms.